The highest BCUT2D eigenvalue weighted by Gasteiger charge is 2.27. The van der Waals surface area contributed by atoms with Crippen molar-refractivity contribution in [2.75, 3.05) is 13.1 Å². The van der Waals surface area contributed by atoms with Gasteiger partial charge in [-0.3, -0.25) is 0 Å². The smallest absolute Gasteiger partial charge is 0.410 e. The first-order valence-electron chi connectivity index (χ1n) is 11.7. The van der Waals surface area contributed by atoms with E-state index >= 15 is 0 Å². The summed E-state index contributed by atoms with van der Waals surface area (Å²) < 4.78 is 5.52. The van der Waals surface area contributed by atoms with Gasteiger partial charge in [-0.1, -0.05) is 66.7 Å². The number of carbonyl (C=O) groups excluding carboxylic acids is 1. The van der Waals surface area contributed by atoms with Crippen LogP contribution < -0.4 is 0 Å². The molecule has 1 saturated heterocycles. The second kappa shape index (κ2) is 8.12. The van der Waals surface area contributed by atoms with Gasteiger partial charge in [-0.15, -0.1) is 0 Å². The number of amides is 1. The molecule has 3 heteroatoms. The molecule has 1 aliphatic heterocycles. The van der Waals surface area contributed by atoms with Crippen molar-refractivity contribution in [3.63, 3.8) is 0 Å². The fourth-order valence-electron chi connectivity index (χ4n) is 4.99. The van der Waals surface area contributed by atoms with Crippen molar-refractivity contribution in [3.8, 4) is 22.3 Å². The molecule has 3 nitrogen and oxygen atoms in total. The summed E-state index contributed by atoms with van der Waals surface area (Å²) in [7, 11) is 0. The standard InChI is InChI=1S/C29H31NO2/c1-29(2,3)32-28(31)30-16-14-22(15-17-30)20-8-10-21(11-9-20)23-12-13-27-25(18-23)19-24-6-4-5-7-26(24)27/h4-13,18,22H,14-17,19H2,1-3H3. The molecule has 3 aromatic carbocycles. The Bertz CT molecular complexity index is 1130. The molecule has 0 unspecified atom stereocenters. The number of nitrogens with zero attached hydrogens (tertiary/aromatic N) is 1. The molecular formula is C29H31NO2. The minimum atomic E-state index is -0.440. The number of rotatable bonds is 2. The van der Waals surface area contributed by atoms with Gasteiger partial charge in [0, 0.05) is 13.1 Å². The quantitative estimate of drug-likeness (QED) is 0.345. The first-order chi connectivity index (χ1) is 15.4. The fourth-order valence-corrected chi connectivity index (χ4v) is 4.99. The normalized spacial score (nSPS) is 15.9. The zero-order valence-electron chi connectivity index (χ0n) is 19.2. The summed E-state index contributed by atoms with van der Waals surface area (Å²) in [5, 5.41) is 0. The van der Waals surface area contributed by atoms with Crippen LogP contribution in [0.1, 0.15) is 56.2 Å². The lowest BCUT2D eigenvalue weighted by Gasteiger charge is -2.33. The molecule has 0 N–H and O–H groups in total. The molecule has 1 amide bonds. The number of benzene rings is 3. The van der Waals surface area contributed by atoms with E-state index in [1.54, 1.807) is 0 Å². The highest BCUT2D eigenvalue weighted by molar-refractivity contribution is 5.80. The molecule has 32 heavy (non-hydrogen) atoms. The lowest BCUT2D eigenvalue weighted by atomic mass is 9.88. The van der Waals surface area contributed by atoms with Gasteiger partial charge in [0.2, 0.25) is 0 Å². The summed E-state index contributed by atoms with van der Waals surface area (Å²) in [4.78, 5) is 14.2. The maximum absolute atomic E-state index is 12.3. The summed E-state index contributed by atoms with van der Waals surface area (Å²) in [5.41, 5.74) is 9.06. The van der Waals surface area contributed by atoms with Gasteiger partial charge in [0.15, 0.2) is 0 Å². The Labute approximate surface area is 191 Å². The molecule has 0 atom stereocenters. The van der Waals surface area contributed by atoms with Crippen LogP contribution in [0.15, 0.2) is 66.7 Å². The van der Waals surface area contributed by atoms with E-state index in [1.165, 1.54) is 38.9 Å². The van der Waals surface area contributed by atoms with Gasteiger partial charge < -0.3 is 9.64 Å². The Kier molecular flexibility index (Phi) is 5.28. The summed E-state index contributed by atoms with van der Waals surface area (Å²) in [5.74, 6) is 0.497. The zero-order valence-corrected chi connectivity index (χ0v) is 19.2. The summed E-state index contributed by atoms with van der Waals surface area (Å²) in [6.07, 6.45) is 2.80. The lowest BCUT2D eigenvalue weighted by Crippen LogP contribution is -2.41. The van der Waals surface area contributed by atoms with Gasteiger partial charge in [-0.25, -0.2) is 4.79 Å². The molecule has 1 fully saturated rings. The Morgan fingerprint density at radius 1 is 0.844 bits per heavy atom. The van der Waals surface area contributed by atoms with Crippen LogP contribution >= 0.6 is 0 Å². The molecule has 0 aromatic heterocycles. The number of carbonyl (C=O) groups is 1. The van der Waals surface area contributed by atoms with E-state index in [2.05, 4.69) is 66.7 Å². The fraction of sp³-hybridized carbons (Fsp3) is 0.345. The molecule has 0 radical (unpaired) electrons. The third kappa shape index (κ3) is 4.17. The Morgan fingerprint density at radius 3 is 2.22 bits per heavy atom. The number of ether oxygens (including phenoxy) is 1. The van der Waals surface area contributed by atoms with Crippen molar-refractivity contribution < 1.29 is 9.53 Å². The van der Waals surface area contributed by atoms with Gasteiger partial charge in [0.05, 0.1) is 0 Å². The van der Waals surface area contributed by atoms with Crippen LogP contribution in [-0.4, -0.2) is 29.7 Å². The summed E-state index contributed by atoms with van der Waals surface area (Å²) >= 11 is 0. The van der Waals surface area contributed by atoms with Crippen molar-refractivity contribution >= 4 is 6.09 Å². The van der Waals surface area contributed by atoms with E-state index in [4.69, 9.17) is 4.74 Å². The first-order valence-corrected chi connectivity index (χ1v) is 11.7. The van der Waals surface area contributed by atoms with Crippen molar-refractivity contribution in [1.82, 2.24) is 4.90 Å². The van der Waals surface area contributed by atoms with E-state index < -0.39 is 5.60 Å². The maximum atomic E-state index is 12.3. The van der Waals surface area contributed by atoms with Gasteiger partial charge >= 0.3 is 6.09 Å². The molecular weight excluding hydrogens is 394 g/mol. The largest absolute Gasteiger partial charge is 0.444 e. The van der Waals surface area contributed by atoms with E-state index in [9.17, 15) is 4.79 Å². The molecule has 164 valence electrons. The highest BCUT2D eigenvalue weighted by atomic mass is 16.6. The predicted octanol–water partition coefficient (Wildman–Crippen LogP) is 7.04. The number of hydrogen-bond donors (Lipinski definition) is 0. The van der Waals surface area contributed by atoms with Crippen molar-refractivity contribution in [3.05, 3.63) is 83.4 Å². The maximum Gasteiger partial charge on any atom is 0.410 e. The third-order valence-corrected chi connectivity index (χ3v) is 6.66. The van der Waals surface area contributed by atoms with Gasteiger partial charge in [0.1, 0.15) is 5.60 Å². The van der Waals surface area contributed by atoms with E-state index in [0.29, 0.717) is 5.92 Å². The van der Waals surface area contributed by atoms with Gasteiger partial charge in [-0.05, 0) is 84.9 Å². The topological polar surface area (TPSA) is 29.5 Å². The van der Waals surface area contributed by atoms with Crippen LogP contribution in [0, 0.1) is 0 Å². The first kappa shape index (κ1) is 20.8. The average molecular weight is 426 g/mol. The number of hydrogen-bond acceptors (Lipinski definition) is 2. The van der Waals surface area contributed by atoms with Crippen LogP contribution in [0.2, 0.25) is 0 Å². The molecule has 0 spiro atoms. The SMILES string of the molecule is CC(C)(C)OC(=O)N1CCC(c2ccc(-c3ccc4c(c3)Cc3ccccc3-4)cc2)CC1. The minimum Gasteiger partial charge on any atom is -0.444 e. The second-order valence-corrected chi connectivity index (χ2v) is 10.1. The van der Waals surface area contributed by atoms with Crippen LogP contribution in [0.25, 0.3) is 22.3 Å². The van der Waals surface area contributed by atoms with Crippen LogP contribution in [0.3, 0.4) is 0 Å². The van der Waals surface area contributed by atoms with Crippen LogP contribution in [-0.2, 0) is 11.2 Å². The van der Waals surface area contributed by atoms with Gasteiger partial charge in [0.25, 0.3) is 0 Å². The van der Waals surface area contributed by atoms with Crippen LogP contribution in [0.4, 0.5) is 4.79 Å². The number of fused-ring (bicyclic) bond motifs is 3. The molecule has 1 heterocycles. The van der Waals surface area contributed by atoms with Crippen molar-refractivity contribution in [2.24, 2.45) is 0 Å². The molecule has 5 rings (SSSR count). The monoisotopic (exact) mass is 425 g/mol. The van der Waals surface area contributed by atoms with Gasteiger partial charge in [-0.2, -0.15) is 0 Å². The van der Waals surface area contributed by atoms with E-state index in [1.807, 2.05) is 25.7 Å². The third-order valence-electron chi connectivity index (χ3n) is 6.66. The number of likely N-dealkylation sites (tertiary alicyclic amines) is 1. The summed E-state index contributed by atoms with van der Waals surface area (Å²) in [6.45, 7) is 7.26. The Morgan fingerprint density at radius 2 is 1.50 bits per heavy atom. The van der Waals surface area contributed by atoms with E-state index in [-0.39, 0.29) is 6.09 Å². The van der Waals surface area contributed by atoms with E-state index in [0.717, 1.165) is 32.4 Å². The molecule has 1 aliphatic carbocycles. The summed E-state index contributed by atoms with van der Waals surface area (Å²) in [6, 6.07) is 24.6. The minimum absolute atomic E-state index is 0.190. The zero-order chi connectivity index (χ0) is 22.3. The number of piperidine rings is 1. The van der Waals surface area contributed by atoms with Crippen LogP contribution in [0.5, 0.6) is 0 Å². The van der Waals surface area contributed by atoms with Crippen molar-refractivity contribution in [1.29, 1.82) is 0 Å². The molecule has 2 aliphatic rings. The lowest BCUT2D eigenvalue weighted by molar-refractivity contribution is 0.0205. The Balaban J connectivity index is 1.25. The Hall–Kier alpha value is -3.07. The average Bonchev–Trinajstić information content (AvgIpc) is 3.16. The molecule has 0 saturated carbocycles. The predicted molar refractivity (Wildman–Crippen MR) is 130 cm³/mol. The highest BCUT2D eigenvalue weighted by Crippen LogP contribution is 2.39. The van der Waals surface area contributed by atoms with Crippen molar-refractivity contribution in [2.45, 2.75) is 51.6 Å². The molecule has 0 bridgehead atoms. The molecule has 3 aromatic rings. The second-order valence-electron chi connectivity index (χ2n) is 10.1.